The van der Waals surface area contributed by atoms with Crippen LogP contribution in [0.1, 0.15) is 35.6 Å². The highest BCUT2D eigenvalue weighted by Crippen LogP contribution is 2.46. The first-order valence-electron chi connectivity index (χ1n) is 8.67. The standard InChI is InChI=1S/C20H22N2O2/c1-14-13-21-12-11-15-7-5-6-10-17(15)19(21)20(22(23)24)18(14)16-8-3-2-4-9-16/h2-10,14,18-20H,11-13H2,1H3/t14-,18-,19+,20-/m0/s1. The molecule has 0 amide bonds. The lowest BCUT2D eigenvalue weighted by atomic mass is 9.71. The molecular formula is C20H22N2O2. The number of hydrogen-bond donors (Lipinski definition) is 0. The molecule has 2 aromatic rings. The maximum Gasteiger partial charge on any atom is 0.239 e. The van der Waals surface area contributed by atoms with E-state index in [-0.39, 0.29) is 22.8 Å². The number of fused-ring (bicyclic) bond motifs is 3. The molecule has 0 unspecified atom stereocenters. The van der Waals surface area contributed by atoms with Crippen molar-refractivity contribution >= 4 is 0 Å². The molecule has 4 atom stereocenters. The molecule has 0 spiro atoms. The van der Waals surface area contributed by atoms with Crippen molar-refractivity contribution in [2.24, 2.45) is 5.92 Å². The van der Waals surface area contributed by atoms with E-state index >= 15 is 0 Å². The minimum absolute atomic E-state index is 0.0346. The normalized spacial score (nSPS) is 29.5. The van der Waals surface area contributed by atoms with Crippen LogP contribution in [0.4, 0.5) is 0 Å². The van der Waals surface area contributed by atoms with Gasteiger partial charge in [-0.25, -0.2) is 0 Å². The molecule has 0 aromatic heterocycles. The summed E-state index contributed by atoms with van der Waals surface area (Å²) >= 11 is 0. The minimum atomic E-state index is -0.599. The van der Waals surface area contributed by atoms with Gasteiger partial charge in [-0.3, -0.25) is 15.0 Å². The second-order valence-corrected chi connectivity index (χ2v) is 7.08. The number of nitrogens with zero attached hydrogens (tertiary/aromatic N) is 2. The number of hydrogen-bond acceptors (Lipinski definition) is 3. The molecule has 0 bridgehead atoms. The van der Waals surface area contributed by atoms with Crippen LogP contribution in [0.15, 0.2) is 54.6 Å². The second-order valence-electron chi connectivity index (χ2n) is 7.08. The lowest BCUT2D eigenvalue weighted by molar-refractivity contribution is -0.542. The van der Waals surface area contributed by atoms with Gasteiger partial charge in [-0.1, -0.05) is 61.5 Å². The van der Waals surface area contributed by atoms with Crippen LogP contribution >= 0.6 is 0 Å². The Labute approximate surface area is 142 Å². The van der Waals surface area contributed by atoms with Crippen molar-refractivity contribution < 1.29 is 4.92 Å². The average molecular weight is 322 g/mol. The van der Waals surface area contributed by atoms with E-state index in [0.717, 1.165) is 30.6 Å². The van der Waals surface area contributed by atoms with Crippen LogP contribution in [0, 0.1) is 16.0 Å². The highest BCUT2D eigenvalue weighted by molar-refractivity contribution is 5.36. The molecule has 1 saturated heterocycles. The molecule has 0 N–H and O–H groups in total. The Morgan fingerprint density at radius 1 is 1.08 bits per heavy atom. The highest BCUT2D eigenvalue weighted by atomic mass is 16.6. The van der Waals surface area contributed by atoms with Gasteiger partial charge in [-0.15, -0.1) is 0 Å². The fourth-order valence-corrected chi connectivity index (χ4v) is 4.72. The van der Waals surface area contributed by atoms with Crippen molar-refractivity contribution in [2.45, 2.75) is 31.3 Å². The van der Waals surface area contributed by atoms with Gasteiger partial charge in [0.25, 0.3) is 0 Å². The van der Waals surface area contributed by atoms with Gasteiger partial charge in [-0.2, -0.15) is 0 Å². The van der Waals surface area contributed by atoms with Gasteiger partial charge in [0, 0.05) is 18.0 Å². The van der Waals surface area contributed by atoms with Crippen molar-refractivity contribution in [2.75, 3.05) is 13.1 Å². The quantitative estimate of drug-likeness (QED) is 0.626. The fraction of sp³-hybridized carbons (Fsp3) is 0.400. The van der Waals surface area contributed by atoms with Gasteiger partial charge in [0.05, 0.1) is 5.92 Å². The van der Waals surface area contributed by atoms with Crippen LogP contribution in [0.2, 0.25) is 0 Å². The van der Waals surface area contributed by atoms with E-state index < -0.39 is 6.04 Å². The van der Waals surface area contributed by atoms with Gasteiger partial charge >= 0.3 is 0 Å². The smallest absolute Gasteiger partial charge is 0.239 e. The molecule has 4 heteroatoms. The van der Waals surface area contributed by atoms with Gasteiger partial charge in [0.1, 0.15) is 6.04 Å². The number of piperidine rings is 1. The van der Waals surface area contributed by atoms with Crippen LogP contribution < -0.4 is 0 Å². The average Bonchev–Trinajstić information content (AvgIpc) is 2.61. The monoisotopic (exact) mass is 322 g/mol. The summed E-state index contributed by atoms with van der Waals surface area (Å²) < 4.78 is 0. The minimum Gasteiger partial charge on any atom is -0.290 e. The third-order valence-electron chi connectivity index (χ3n) is 5.69. The maximum atomic E-state index is 12.1. The maximum absolute atomic E-state index is 12.1. The Kier molecular flexibility index (Phi) is 3.85. The zero-order valence-corrected chi connectivity index (χ0v) is 13.8. The highest BCUT2D eigenvalue weighted by Gasteiger charge is 2.51. The third-order valence-corrected chi connectivity index (χ3v) is 5.69. The van der Waals surface area contributed by atoms with Gasteiger partial charge in [0.2, 0.25) is 6.04 Å². The van der Waals surface area contributed by atoms with E-state index in [4.69, 9.17) is 0 Å². The topological polar surface area (TPSA) is 46.4 Å². The fourth-order valence-electron chi connectivity index (χ4n) is 4.72. The summed E-state index contributed by atoms with van der Waals surface area (Å²) in [6, 6.07) is 17.6. The number of rotatable bonds is 2. The Morgan fingerprint density at radius 3 is 2.54 bits per heavy atom. The third kappa shape index (κ3) is 2.42. The predicted molar refractivity (Wildman–Crippen MR) is 93.6 cm³/mol. The van der Waals surface area contributed by atoms with Crippen LogP contribution in [0.25, 0.3) is 0 Å². The summed E-state index contributed by atoms with van der Waals surface area (Å²) in [4.78, 5) is 14.4. The van der Waals surface area contributed by atoms with E-state index in [1.807, 2.05) is 42.5 Å². The molecule has 2 aromatic carbocycles. The molecule has 0 saturated carbocycles. The summed E-state index contributed by atoms with van der Waals surface area (Å²) in [5.41, 5.74) is 3.51. The SMILES string of the molecule is C[C@H]1CN2CCc3ccccc3[C@@H]2[C@@H]([N+](=O)[O-])[C@@H]1c1ccccc1. The van der Waals surface area contributed by atoms with E-state index in [1.54, 1.807) is 0 Å². The molecule has 24 heavy (non-hydrogen) atoms. The van der Waals surface area contributed by atoms with Crippen LogP contribution in [0.5, 0.6) is 0 Å². The second kappa shape index (κ2) is 6.02. The molecule has 0 radical (unpaired) electrons. The molecule has 4 rings (SSSR count). The summed E-state index contributed by atoms with van der Waals surface area (Å²) in [6.07, 6.45) is 0.986. The Balaban J connectivity index is 1.83. The van der Waals surface area contributed by atoms with Crippen LogP contribution in [-0.4, -0.2) is 29.0 Å². The zero-order chi connectivity index (χ0) is 16.7. The largest absolute Gasteiger partial charge is 0.290 e. The molecule has 0 aliphatic carbocycles. The van der Waals surface area contributed by atoms with E-state index in [2.05, 4.69) is 24.0 Å². The Morgan fingerprint density at radius 2 is 1.79 bits per heavy atom. The van der Waals surface area contributed by atoms with Gasteiger partial charge in [-0.05, 0) is 29.0 Å². The van der Waals surface area contributed by atoms with Gasteiger partial charge < -0.3 is 0 Å². The van der Waals surface area contributed by atoms with Crippen molar-refractivity contribution in [3.8, 4) is 0 Å². The molecule has 2 aliphatic heterocycles. The molecule has 2 heterocycles. The molecule has 1 fully saturated rings. The summed E-state index contributed by atoms with van der Waals surface area (Å²) in [5, 5.41) is 12.1. The summed E-state index contributed by atoms with van der Waals surface area (Å²) in [6.45, 7) is 3.99. The Bertz CT molecular complexity index is 746. The van der Waals surface area contributed by atoms with Crippen LogP contribution in [0.3, 0.4) is 0 Å². The Hall–Kier alpha value is -2.20. The molecular weight excluding hydrogens is 300 g/mol. The van der Waals surface area contributed by atoms with E-state index in [9.17, 15) is 10.1 Å². The summed E-state index contributed by atoms with van der Waals surface area (Å²) in [5.74, 6) is 0.220. The first-order valence-corrected chi connectivity index (χ1v) is 8.67. The lowest BCUT2D eigenvalue weighted by Gasteiger charge is -2.47. The first-order chi connectivity index (χ1) is 11.7. The van der Waals surface area contributed by atoms with Crippen LogP contribution in [-0.2, 0) is 6.42 Å². The van der Waals surface area contributed by atoms with E-state index in [1.165, 1.54) is 5.56 Å². The van der Waals surface area contributed by atoms with Crippen molar-refractivity contribution in [3.63, 3.8) is 0 Å². The van der Waals surface area contributed by atoms with E-state index in [0.29, 0.717) is 0 Å². The lowest BCUT2D eigenvalue weighted by Crippen LogP contribution is -2.54. The van der Waals surface area contributed by atoms with Crippen molar-refractivity contribution in [3.05, 3.63) is 81.4 Å². The zero-order valence-electron chi connectivity index (χ0n) is 13.8. The molecule has 4 nitrogen and oxygen atoms in total. The molecule has 124 valence electrons. The first kappa shape index (κ1) is 15.3. The number of benzene rings is 2. The predicted octanol–water partition coefficient (Wildman–Crippen LogP) is 3.66. The van der Waals surface area contributed by atoms with Crippen molar-refractivity contribution in [1.82, 2.24) is 4.90 Å². The molecule has 2 aliphatic rings. The van der Waals surface area contributed by atoms with Crippen molar-refractivity contribution in [1.29, 1.82) is 0 Å². The number of nitro groups is 1. The summed E-state index contributed by atoms with van der Waals surface area (Å²) in [7, 11) is 0. The van der Waals surface area contributed by atoms with Gasteiger partial charge in [0.15, 0.2) is 0 Å².